The normalized spacial score (nSPS) is 11.5. The lowest BCUT2D eigenvalue weighted by atomic mass is 10.2. The van der Waals surface area contributed by atoms with Crippen molar-refractivity contribution in [2.75, 3.05) is 30.1 Å². The van der Waals surface area contributed by atoms with Gasteiger partial charge in [-0.25, -0.2) is 0 Å². The Balaban J connectivity index is 1.82. The number of rotatable bonds is 7. The summed E-state index contributed by atoms with van der Waals surface area (Å²) in [7, 11) is 3.90. The molecule has 0 spiro atoms. The van der Waals surface area contributed by atoms with Crippen LogP contribution in [0.4, 0.5) is 11.4 Å². The highest BCUT2D eigenvalue weighted by Gasteiger charge is 2.18. The first-order valence-corrected chi connectivity index (χ1v) is 9.31. The van der Waals surface area contributed by atoms with Gasteiger partial charge in [-0.1, -0.05) is 18.2 Å². The molecule has 138 valence electrons. The molecule has 0 aliphatic carbocycles. The number of anilines is 2. The number of nitrogens with one attached hydrogen (secondary N) is 1. The van der Waals surface area contributed by atoms with Gasteiger partial charge >= 0.3 is 5.97 Å². The smallest absolute Gasteiger partial charge is 0.317 e. The summed E-state index contributed by atoms with van der Waals surface area (Å²) in [6, 6.07) is 15.3. The van der Waals surface area contributed by atoms with E-state index in [9.17, 15) is 9.59 Å². The molecule has 0 aromatic heterocycles. The lowest BCUT2D eigenvalue weighted by molar-refractivity contribution is -0.150. The van der Waals surface area contributed by atoms with Gasteiger partial charge in [-0.2, -0.15) is 0 Å². The molecule has 2 rings (SSSR count). The van der Waals surface area contributed by atoms with Crippen LogP contribution in [-0.4, -0.2) is 37.8 Å². The molecular weight excluding hydrogens is 348 g/mol. The van der Waals surface area contributed by atoms with Crippen LogP contribution in [0, 0.1) is 6.92 Å². The number of ether oxygens (including phenoxy) is 1. The van der Waals surface area contributed by atoms with Crippen LogP contribution in [-0.2, 0) is 14.3 Å². The van der Waals surface area contributed by atoms with Gasteiger partial charge in [0.1, 0.15) is 0 Å². The number of aryl methyl sites for hydroxylation is 1. The number of hydrogen-bond acceptors (Lipinski definition) is 5. The molecule has 26 heavy (non-hydrogen) atoms. The molecule has 6 heteroatoms. The number of carbonyl (C=O) groups excluding carboxylic acids is 2. The van der Waals surface area contributed by atoms with Crippen LogP contribution in [0.3, 0.4) is 0 Å². The predicted molar refractivity (Wildman–Crippen MR) is 107 cm³/mol. The lowest BCUT2D eigenvalue weighted by Crippen LogP contribution is -2.30. The Bertz CT molecular complexity index is 760. The Kier molecular flexibility index (Phi) is 7.09. The SMILES string of the molecule is Cc1ccccc1SCC(=O)OC(C)C(=O)Nc1ccc(N(C)C)cc1. The monoisotopic (exact) mass is 372 g/mol. The summed E-state index contributed by atoms with van der Waals surface area (Å²) >= 11 is 1.41. The van der Waals surface area contributed by atoms with Gasteiger partial charge in [0, 0.05) is 30.4 Å². The summed E-state index contributed by atoms with van der Waals surface area (Å²) in [5.41, 5.74) is 2.81. The molecule has 2 aromatic carbocycles. The van der Waals surface area contributed by atoms with Crippen molar-refractivity contribution < 1.29 is 14.3 Å². The van der Waals surface area contributed by atoms with E-state index in [0.717, 1.165) is 16.1 Å². The molecule has 0 saturated heterocycles. The maximum absolute atomic E-state index is 12.2. The van der Waals surface area contributed by atoms with Crippen molar-refractivity contribution in [3.8, 4) is 0 Å². The van der Waals surface area contributed by atoms with E-state index in [0.29, 0.717) is 5.69 Å². The summed E-state index contributed by atoms with van der Waals surface area (Å²) in [6.07, 6.45) is -0.853. The number of nitrogens with zero attached hydrogens (tertiary/aromatic N) is 1. The zero-order valence-corrected chi connectivity index (χ0v) is 16.3. The quantitative estimate of drug-likeness (QED) is 0.593. The molecule has 5 nitrogen and oxygen atoms in total. The Morgan fingerprint density at radius 2 is 1.77 bits per heavy atom. The Hall–Kier alpha value is -2.47. The van der Waals surface area contributed by atoms with Gasteiger partial charge in [0.05, 0.1) is 5.75 Å². The molecule has 1 atom stereocenters. The number of esters is 1. The fraction of sp³-hybridized carbons (Fsp3) is 0.300. The second-order valence-electron chi connectivity index (χ2n) is 6.12. The molecule has 1 amide bonds. The first-order valence-electron chi connectivity index (χ1n) is 8.33. The van der Waals surface area contributed by atoms with Crippen molar-refractivity contribution in [1.29, 1.82) is 0 Å². The topological polar surface area (TPSA) is 58.6 Å². The van der Waals surface area contributed by atoms with Gasteiger partial charge in [-0.05, 0) is 49.7 Å². The highest BCUT2D eigenvalue weighted by molar-refractivity contribution is 8.00. The van der Waals surface area contributed by atoms with E-state index in [1.165, 1.54) is 11.8 Å². The van der Waals surface area contributed by atoms with Gasteiger partial charge in [0.25, 0.3) is 5.91 Å². The van der Waals surface area contributed by atoms with Crippen molar-refractivity contribution in [2.24, 2.45) is 0 Å². The first-order chi connectivity index (χ1) is 12.4. The molecule has 1 N–H and O–H groups in total. The largest absolute Gasteiger partial charge is 0.452 e. The summed E-state index contributed by atoms with van der Waals surface area (Å²) in [5.74, 6) is -0.597. The fourth-order valence-electron chi connectivity index (χ4n) is 2.23. The van der Waals surface area contributed by atoms with Gasteiger partial charge in [0.2, 0.25) is 0 Å². The van der Waals surface area contributed by atoms with Crippen LogP contribution in [0.2, 0.25) is 0 Å². The van der Waals surface area contributed by atoms with Gasteiger partial charge in [-0.3, -0.25) is 9.59 Å². The zero-order chi connectivity index (χ0) is 19.1. The second-order valence-corrected chi connectivity index (χ2v) is 7.13. The number of amides is 1. The Labute approximate surface area is 158 Å². The minimum atomic E-state index is -0.853. The summed E-state index contributed by atoms with van der Waals surface area (Å²) in [5, 5.41) is 2.75. The van der Waals surface area contributed by atoms with Crippen LogP contribution in [0.1, 0.15) is 12.5 Å². The molecule has 0 saturated carbocycles. The molecule has 0 aliphatic rings. The van der Waals surface area contributed by atoms with Crippen LogP contribution >= 0.6 is 11.8 Å². The summed E-state index contributed by atoms with van der Waals surface area (Å²) < 4.78 is 5.23. The van der Waals surface area contributed by atoms with E-state index in [1.807, 2.05) is 74.4 Å². The third-order valence-corrected chi connectivity index (χ3v) is 4.92. The van der Waals surface area contributed by atoms with Crippen molar-refractivity contribution >= 4 is 35.0 Å². The third kappa shape index (κ3) is 5.81. The minimum Gasteiger partial charge on any atom is -0.452 e. The highest BCUT2D eigenvalue weighted by Crippen LogP contribution is 2.22. The lowest BCUT2D eigenvalue weighted by Gasteiger charge is -2.15. The predicted octanol–water partition coefficient (Wildman–Crippen LogP) is 3.72. The molecule has 1 unspecified atom stereocenters. The zero-order valence-electron chi connectivity index (χ0n) is 15.5. The Morgan fingerprint density at radius 3 is 2.38 bits per heavy atom. The third-order valence-electron chi connectivity index (χ3n) is 3.77. The van der Waals surface area contributed by atoms with Crippen LogP contribution in [0.5, 0.6) is 0 Å². The maximum atomic E-state index is 12.2. The van der Waals surface area contributed by atoms with E-state index >= 15 is 0 Å². The number of hydrogen-bond donors (Lipinski definition) is 1. The first kappa shape index (κ1) is 19.8. The number of carbonyl (C=O) groups is 2. The molecule has 0 bridgehead atoms. The van der Waals surface area contributed by atoms with E-state index < -0.39 is 12.1 Å². The molecule has 0 heterocycles. The molecular formula is C20H24N2O3S. The molecule has 0 radical (unpaired) electrons. The molecule has 0 aliphatic heterocycles. The maximum Gasteiger partial charge on any atom is 0.317 e. The molecule has 0 fully saturated rings. The summed E-state index contributed by atoms with van der Waals surface area (Å²) in [4.78, 5) is 27.2. The average molecular weight is 372 g/mol. The Morgan fingerprint density at radius 1 is 1.12 bits per heavy atom. The van der Waals surface area contributed by atoms with Crippen LogP contribution in [0.25, 0.3) is 0 Å². The molecule has 2 aromatic rings. The van der Waals surface area contributed by atoms with Gasteiger partial charge < -0.3 is 15.0 Å². The minimum absolute atomic E-state index is 0.167. The number of thioether (sulfide) groups is 1. The van der Waals surface area contributed by atoms with E-state index in [-0.39, 0.29) is 11.7 Å². The van der Waals surface area contributed by atoms with Gasteiger partial charge in [0.15, 0.2) is 6.10 Å². The number of benzene rings is 2. The van der Waals surface area contributed by atoms with Gasteiger partial charge in [-0.15, -0.1) is 11.8 Å². The van der Waals surface area contributed by atoms with Crippen molar-refractivity contribution in [3.63, 3.8) is 0 Å². The van der Waals surface area contributed by atoms with E-state index in [2.05, 4.69) is 5.32 Å². The fourth-order valence-corrected chi connectivity index (χ4v) is 3.04. The van der Waals surface area contributed by atoms with Crippen LogP contribution < -0.4 is 10.2 Å². The van der Waals surface area contributed by atoms with Crippen LogP contribution in [0.15, 0.2) is 53.4 Å². The van der Waals surface area contributed by atoms with Crippen molar-refractivity contribution in [2.45, 2.75) is 24.8 Å². The highest BCUT2D eigenvalue weighted by atomic mass is 32.2. The van der Waals surface area contributed by atoms with Crippen molar-refractivity contribution in [3.05, 3.63) is 54.1 Å². The standard InChI is InChI=1S/C20H24N2O3S/c1-14-7-5-6-8-18(14)26-13-19(23)25-15(2)20(24)21-16-9-11-17(12-10-16)22(3)4/h5-12,15H,13H2,1-4H3,(H,21,24). The second kappa shape index (κ2) is 9.29. The van der Waals surface area contributed by atoms with E-state index in [4.69, 9.17) is 4.74 Å². The van der Waals surface area contributed by atoms with E-state index in [1.54, 1.807) is 6.92 Å². The van der Waals surface area contributed by atoms with Crippen molar-refractivity contribution in [1.82, 2.24) is 0 Å². The summed E-state index contributed by atoms with van der Waals surface area (Å²) in [6.45, 7) is 3.56. The average Bonchev–Trinajstić information content (AvgIpc) is 2.61.